The maximum atomic E-state index is 12.0. The first kappa shape index (κ1) is 17.7. The van der Waals surface area contributed by atoms with Gasteiger partial charge in [-0.25, -0.2) is 4.79 Å². The van der Waals surface area contributed by atoms with Crippen LogP contribution in [-0.4, -0.2) is 33.3 Å². The first-order valence-corrected chi connectivity index (χ1v) is 7.96. The van der Waals surface area contributed by atoms with Crippen LogP contribution in [0.4, 0.5) is 0 Å². The number of rotatable bonds is 7. The van der Waals surface area contributed by atoms with Crippen molar-refractivity contribution in [3.05, 3.63) is 52.3 Å². The zero-order chi connectivity index (χ0) is 17.7. The first-order valence-electron chi connectivity index (χ1n) is 7.96. The minimum Gasteiger partial charge on any atom is -0.478 e. The van der Waals surface area contributed by atoms with Crippen LogP contribution in [0.5, 0.6) is 0 Å². The summed E-state index contributed by atoms with van der Waals surface area (Å²) in [6.07, 6.45) is 1.80. The molecule has 0 saturated carbocycles. The van der Waals surface area contributed by atoms with E-state index in [-0.39, 0.29) is 11.5 Å². The largest absolute Gasteiger partial charge is 0.478 e. The lowest BCUT2D eigenvalue weighted by atomic mass is 10.1. The number of carboxylic acids is 1. The molecule has 128 valence electrons. The predicted octanol–water partition coefficient (Wildman–Crippen LogP) is 2.03. The normalized spacial score (nSPS) is 10.6. The Morgan fingerprint density at radius 2 is 1.83 bits per heavy atom. The second-order valence-corrected chi connectivity index (χ2v) is 5.88. The number of carbonyl (C=O) groups excluding carboxylic acids is 1. The summed E-state index contributed by atoms with van der Waals surface area (Å²) in [5.41, 5.74) is 4.47. The molecule has 0 fully saturated rings. The van der Waals surface area contributed by atoms with Crippen LogP contribution < -0.4 is 5.32 Å². The Bertz CT molecular complexity index is 733. The zero-order valence-electron chi connectivity index (χ0n) is 14.3. The fraction of sp³-hybridized carbons (Fsp3) is 0.389. The molecular weight excluding hydrogens is 306 g/mol. The molecular formula is C18H23N3O3. The van der Waals surface area contributed by atoms with Crippen LogP contribution >= 0.6 is 0 Å². The van der Waals surface area contributed by atoms with Gasteiger partial charge in [0.15, 0.2) is 0 Å². The van der Waals surface area contributed by atoms with E-state index in [2.05, 4.69) is 10.4 Å². The highest BCUT2D eigenvalue weighted by Crippen LogP contribution is 2.13. The SMILES string of the molecule is Cc1nn(C)c(C)c1CCC(=O)NCCc1ccc(C(=O)O)cc1. The minimum atomic E-state index is -0.934. The summed E-state index contributed by atoms with van der Waals surface area (Å²) >= 11 is 0. The molecule has 0 unspecified atom stereocenters. The molecule has 1 amide bonds. The topological polar surface area (TPSA) is 84.2 Å². The number of amides is 1. The van der Waals surface area contributed by atoms with Gasteiger partial charge in [-0.3, -0.25) is 9.48 Å². The Balaban J connectivity index is 1.76. The number of aromatic carboxylic acids is 1. The average molecular weight is 329 g/mol. The molecule has 1 aromatic carbocycles. The summed E-state index contributed by atoms with van der Waals surface area (Å²) in [6.45, 7) is 4.51. The Kier molecular flexibility index (Phi) is 5.73. The number of benzene rings is 1. The standard InChI is InChI=1S/C18H23N3O3/c1-12-16(13(2)21(3)20-12)8-9-17(22)19-11-10-14-4-6-15(7-5-14)18(23)24/h4-7H,8-11H2,1-3H3,(H,19,22)(H,23,24). The van der Waals surface area contributed by atoms with Gasteiger partial charge >= 0.3 is 5.97 Å². The number of nitrogens with one attached hydrogen (secondary N) is 1. The summed E-state index contributed by atoms with van der Waals surface area (Å²) in [7, 11) is 1.90. The fourth-order valence-electron chi connectivity index (χ4n) is 2.67. The van der Waals surface area contributed by atoms with Crippen molar-refractivity contribution < 1.29 is 14.7 Å². The quantitative estimate of drug-likeness (QED) is 0.814. The molecule has 0 radical (unpaired) electrons. The molecule has 2 N–H and O–H groups in total. The molecule has 6 heteroatoms. The highest BCUT2D eigenvalue weighted by atomic mass is 16.4. The predicted molar refractivity (Wildman–Crippen MR) is 91.1 cm³/mol. The first-order chi connectivity index (χ1) is 11.4. The van der Waals surface area contributed by atoms with Crippen molar-refractivity contribution in [1.82, 2.24) is 15.1 Å². The highest BCUT2D eigenvalue weighted by molar-refractivity contribution is 5.87. The second kappa shape index (κ2) is 7.77. The molecule has 6 nitrogen and oxygen atoms in total. The Labute approximate surface area is 141 Å². The second-order valence-electron chi connectivity index (χ2n) is 5.88. The van der Waals surface area contributed by atoms with Gasteiger partial charge in [-0.05, 0) is 49.9 Å². The maximum absolute atomic E-state index is 12.0. The average Bonchev–Trinajstić information content (AvgIpc) is 2.78. The van der Waals surface area contributed by atoms with Gasteiger partial charge in [-0.1, -0.05) is 12.1 Å². The maximum Gasteiger partial charge on any atom is 0.335 e. The third kappa shape index (κ3) is 4.44. The molecule has 2 rings (SSSR count). The lowest BCUT2D eigenvalue weighted by Gasteiger charge is -2.06. The van der Waals surface area contributed by atoms with Crippen LogP contribution in [0.25, 0.3) is 0 Å². The molecule has 2 aromatic rings. The van der Waals surface area contributed by atoms with Gasteiger partial charge in [0.2, 0.25) is 5.91 Å². The van der Waals surface area contributed by atoms with Gasteiger partial charge in [0.25, 0.3) is 0 Å². The molecule has 0 aliphatic heterocycles. The van der Waals surface area contributed by atoms with Crippen LogP contribution in [0.1, 0.15) is 39.3 Å². The van der Waals surface area contributed by atoms with Crippen molar-refractivity contribution >= 4 is 11.9 Å². The van der Waals surface area contributed by atoms with Gasteiger partial charge in [-0.2, -0.15) is 5.10 Å². The molecule has 1 heterocycles. The van der Waals surface area contributed by atoms with Crippen LogP contribution in [0, 0.1) is 13.8 Å². The van der Waals surface area contributed by atoms with Crippen LogP contribution in [0.15, 0.2) is 24.3 Å². The van der Waals surface area contributed by atoms with Crippen LogP contribution in [0.2, 0.25) is 0 Å². The van der Waals surface area contributed by atoms with Crippen molar-refractivity contribution in [1.29, 1.82) is 0 Å². The van der Waals surface area contributed by atoms with Crippen LogP contribution in [0.3, 0.4) is 0 Å². The number of hydrogen-bond acceptors (Lipinski definition) is 3. The monoisotopic (exact) mass is 329 g/mol. The minimum absolute atomic E-state index is 0.0137. The molecule has 0 aliphatic rings. The van der Waals surface area contributed by atoms with E-state index in [0.717, 1.165) is 22.5 Å². The number of aryl methyl sites for hydroxylation is 2. The van der Waals surface area contributed by atoms with Gasteiger partial charge in [-0.15, -0.1) is 0 Å². The zero-order valence-corrected chi connectivity index (χ0v) is 14.3. The van der Waals surface area contributed by atoms with E-state index in [1.165, 1.54) is 0 Å². The Morgan fingerprint density at radius 1 is 1.17 bits per heavy atom. The van der Waals surface area contributed by atoms with E-state index < -0.39 is 5.97 Å². The Hall–Kier alpha value is -2.63. The van der Waals surface area contributed by atoms with Crippen LogP contribution in [-0.2, 0) is 24.7 Å². The number of nitrogens with zero attached hydrogens (tertiary/aromatic N) is 2. The van der Waals surface area contributed by atoms with E-state index in [1.54, 1.807) is 24.3 Å². The number of aromatic nitrogens is 2. The number of hydrogen-bond donors (Lipinski definition) is 2. The number of carbonyl (C=O) groups is 2. The van der Waals surface area contributed by atoms with Crippen molar-refractivity contribution in [2.45, 2.75) is 33.1 Å². The Morgan fingerprint density at radius 3 is 2.38 bits per heavy atom. The van der Waals surface area contributed by atoms with Gasteiger partial charge < -0.3 is 10.4 Å². The van der Waals surface area contributed by atoms with Crippen molar-refractivity contribution in [3.63, 3.8) is 0 Å². The van der Waals surface area contributed by atoms with Crippen molar-refractivity contribution in [3.8, 4) is 0 Å². The fourth-order valence-corrected chi connectivity index (χ4v) is 2.67. The van der Waals surface area contributed by atoms with Gasteiger partial charge in [0.05, 0.1) is 11.3 Å². The molecule has 24 heavy (non-hydrogen) atoms. The van der Waals surface area contributed by atoms with E-state index in [4.69, 9.17) is 5.11 Å². The highest BCUT2D eigenvalue weighted by Gasteiger charge is 2.11. The van der Waals surface area contributed by atoms with E-state index >= 15 is 0 Å². The summed E-state index contributed by atoms with van der Waals surface area (Å²) in [6, 6.07) is 6.71. The number of carboxylic acid groups (broad SMARTS) is 1. The molecule has 0 saturated heterocycles. The molecule has 0 atom stereocenters. The molecule has 0 aliphatic carbocycles. The smallest absolute Gasteiger partial charge is 0.335 e. The van der Waals surface area contributed by atoms with E-state index in [9.17, 15) is 9.59 Å². The van der Waals surface area contributed by atoms with Gasteiger partial charge in [0, 0.05) is 25.7 Å². The summed E-state index contributed by atoms with van der Waals surface area (Å²) in [5, 5.41) is 16.1. The van der Waals surface area contributed by atoms with Crippen molar-refractivity contribution in [2.24, 2.45) is 7.05 Å². The third-order valence-corrected chi connectivity index (χ3v) is 4.20. The van der Waals surface area contributed by atoms with E-state index in [0.29, 0.717) is 25.8 Å². The lowest BCUT2D eigenvalue weighted by Crippen LogP contribution is -2.26. The molecule has 0 spiro atoms. The lowest BCUT2D eigenvalue weighted by molar-refractivity contribution is -0.121. The molecule has 0 bridgehead atoms. The summed E-state index contributed by atoms with van der Waals surface area (Å²) < 4.78 is 1.84. The summed E-state index contributed by atoms with van der Waals surface area (Å²) in [4.78, 5) is 22.8. The van der Waals surface area contributed by atoms with Gasteiger partial charge in [0.1, 0.15) is 0 Å². The molecule has 1 aromatic heterocycles. The van der Waals surface area contributed by atoms with E-state index in [1.807, 2.05) is 25.6 Å². The third-order valence-electron chi connectivity index (χ3n) is 4.20. The summed E-state index contributed by atoms with van der Waals surface area (Å²) in [5.74, 6) is -0.921. The van der Waals surface area contributed by atoms with Crippen molar-refractivity contribution in [2.75, 3.05) is 6.54 Å².